The molecule has 1 N–H and O–H groups in total. The van der Waals surface area contributed by atoms with Gasteiger partial charge in [-0.05, 0) is 29.5 Å². The first-order valence-electron chi connectivity index (χ1n) is 5.95. The van der Waals surface area contributed by atoms with Crippen LogP contribution in [0.5, 0.6) is 0 Å². The molecule has 0 saturated heterocycles. The Morgan fingerprint density at radius 2 is 1.53 bits per heavy atom. The maximum Gasteiger partial charge on any atom is 0.00173 e. The zero-order valence-electron chi connectivity index (χ0n) is 10.4. The molecule has 1 nitrogen and oxygen atoms in total. The van der Waals surface area contributed by atoms with Crippen LogP contribution in [0.2, 0.25) is 0 Å². The van der Waals surface area contributed by atoms with Gasteiger partial charge in [0, 0.05) is 6.54 Å². The van der Waals surface area contributed by atoms with Crippen molar-refractivity contribution in [3.05, 3.63) is 35.4 Å². The fraction of sp³-hybridized carbons (Fsp3) is 0.571. The fourth-order valence-corrected chi connectivity index (χ4v) is 1.69. The molecule has 15 heavy (non-hydrogen) atoms. The summed E-state index contributed by atoms with van der Waals surface area (Å²) in [5.74, 6) is 1.23. The SMILES string of the molecule is CCNCC(C)c1ccc(C(C)C)cc1. The van der Waals surface area contributed by atoms with Gasteiger partial charge in [0.15, 0.2) is 0 Å². The lowest BCUT2D eigenvalue weighted by atomic mass is 9.96. The maximum absolute atomic E-state index is 3.38. The summed E-state index contributed by atoms with van der Waals surface area (Å²) in [7, 11) is 0. The highest BCUT2D eigenvalue weighted by molar-refractivity contribution is 5.26. The second-order valence-corrected chi connectivity index (χ2v) is 4.53. The molecule has 1 aromatic carbocycles. The Bertz CT molecular complexity index is 274. The van der Waals surface area contributed by atoms with Gasteiger partial charge in [-0.15, -0.1) is 0 Å². The van der Waals surface area contributed by atoms with E-state index in [0.717, 1.165) is 13.1 Å². The predicted molar refractivity (Wildman–Crippen MR) is 67.5 cm³/mol. The van der Waals surface area contributed by atoms with E-state index in [1.165, 1.54) is 11.1 Å². The molecule has 0 aromatic heterocycles. The van der Waals surface area contributed by atoms with E-state index in [9.17, 15) is 0 Å². The normalized spacial score (nSPS) is 13.1. The van der Waals surface area contributed by atoms with Crippen LogP contribution < -0.4 is 5.32 Å². The Kier molecular flexibility index (Phi) is 4.83. The molecule has 1 aromatic rings. The van der Waals surface area contributed by atoms with E-state index in [1.54, 1.807) is 0 Å². The Morgan fingerprint density at radius 1 is 1.00 bits per heavy atom. The lowest BCUT2D eigenvalue weighted by Crippen LogP contribution is -2.19. The van der Waals surface area contributed by atoms with E-state index in [4.69, 9.17) is 0 Å². The first kappa shape index (κ1) is 12.3. The van der Waals surface area contributed by atoms with Crippen molar-refractivity contribution in [2.24, 2.45) is 0 Å². The van der Waals surface area contributed by atoms with E-state index in [0.29, 0.717) is 11.8 Å². The summed E-state index contributed by atoms with van der Waals surface area (Å²) in [6.45, 7) is 11.0. The molecule has 0 saturated carbocycles. The van der Waals surface area contributed by atoms with Gasteiger partial charge in [0.2, 0.25) is 0 Å². The van der Waals surface area contributed by atoms with E-state index < -0.39 is 0 Å². The second-order valence-electron chi connectivity index (χ2n) is 4.53. The van der Waals surface area contributed by atoms with E-state index in [2.05, 4.69) is 57.3 Å². The summed E-state index contributed by atoms with van der Waals surface area (Å²) in [6.07, 6.45) is 0. The third kappa shape index (κ3) is 3.67. The monoisotopic (exact) mass is 205 g/mol. The van der Waals surface area contributed by atoms with Gasteiger partial charge in [-0.3, -0.25) is 0 Å². The Hall–Kier alpha value is -0.820. The summed E-state index contributed by atoms with van der Waals surface area (Å²) in [5.41, 5.74) is 2.86. The molecule has 0 fully saturated rings. The van der Waals surface area contributed by atoms with E-state index in [1.807, 2.05) is 0 Å². The molecule has 1 unspecified atom stereocenters. The lowest BCUT2D eigenvalue weighted by molar-refractivity contribution is 0.634. The van der Waals surface area contributed by atoms with Crippen LogP contribution in [0.15, 0.2) is 24.3 Å². The molecule has 0 aliphatic carbocycles. The number of rotatable bonds is 5. The summed E-state index contributed by atoms with van der Waals surface area (Å²) in [6, 6.07) is 9.03. The van der Waals surface area contributed by atoms with Crippen LogP contribution in [0.1, 0.15) is 50.7 Å². The van der Waals surface area contributed by atoms with Crippen molar-refractivity contribution in [2.75, 3.05) is 13.1 Å². The minimum absolute atomic E-state index is 0.603. The van der Waals surface area contributed by atoms with E-state index >= 15 is 0 Å². The van der Waals surface area contributed by atoms with Crippen LogP contribution in [-0.2, 0) is 0 Å². The quantitative estimate of drug-likeness (QED) is 0.775. The van der Waals surface area contributed by atoms with Crippen LogP contribution >= 0.6 is 0 Å². The van der Waals surface area contributed by atoms with Gasteiger partial charge in [-0.1, -0.05) is 52.0 Å². The average molecular weight is 205 g/mol. The number of hydrogen-bond donors (Lipinski definition) is 1. The van der Waals surface area contributed by atoms with Crippen molar-refractivity contribution >= 4 is 0 Å². The molecule has 0 spiro atoms. The fourth-order valence-electron chi connectivity index (χ4n) is 1.69. The third-order valence-corrected chi connectivity index (χ3v) is 2.87. The Labute approximate surface area is 93.9 Å². The summed E-state index contributed by atoms with van der Waals surface area (Å²) in [5, 5.41) is 3.38. The van der Waals surface area contributed by atoms with Crippen molar-refractivity contribution in [1.29, 1.82) is 0 Å². The zero-order chi connectivity index (χ0) is 11.3. The van der Waals surface area contributed by atoms with Crippen molar-refractivity contribution < 1.29 is 0 Å². The topological polar surface area (TPSA) is 12.0 Å². The van der Waals surface area contributed by atoms with Crippen molar-refractivity contribution in [3.63, 3.8) is 0 Å². The highest BCUT2D eigenvalue weighted by Crippen LogP contribution is 2.19. The summed E-state index contributed by atoms with van der Waals surface area (Å²) < 4.78 is 0. The lowest BCUT2D eigenvalue weighted by Gasteiger charge is -2.13. The maximum atomic E-state index is 3.38. The number of benzene rings is 1. The highest BCUT2D eigenvalue weighted by Gasteiger charge is 2.05. The largest absolute Gasteiger partial charge is 0.316 e. The van der Waals surface area contributed by atoms with E-state index in [-0.39, 0.29) is 0 Å². The smallest absolute Gasteiger partial charge is 0.00173 e. The standard InChI is InChI=1S/C14H23N/c1-5-15-10-12(4)14-8-6-13(7-9-14)11(2)3/h6-9,11-12,15H,5,10H2,1-4H3. The van der Waals surface area contributed by atoms with Crippen molar-refractivity contribution in [1.82, 2.24) is 5.32 Å². The molecular weight excluding hydrogens is 182 g/mol. The first-order chi connectivity index (χ1) is 7.15. The molecule has 0 aliphatic rings. The van der Waals surface area contributed by atoms with Crippen LogP contribution in [-0.4, -0.2) is 13.1 Å². The number of likely N-dealkylation sites (N-methyl/N-ethyl adjacent to an activating group) is 1. The van der Waals surface area contributed by atoms with Gasteiger partial charge in [-0.25, -0.2) is 0 Å². The van der Waals surface area contributed by atoms with Gasteiger partial charge < -0.3 is 5.32 Å². The Morgan fingerprint density at radius 3 is 2.00 bits per heavy atom. The molecule has 0 heterocycles. The van der Waals surface area contributed by atoms with Crippen LogP contribution in [0.3, 0.4) is 0 Å². The molecule has 0 aliphatic heterocycles. The first-order valence-corrected chi connectivity index (χ1v) is 5.95. The molecule has 0 amide bonds. The average Bonchev–Trinajstić information content (AvgIpc) is 2.26. The minimum Gasteiger partial charge on any atom is -0.316 e. The predicted octanol–water partition coefficient (Wildman–Crippen LogP) is 3.52. The molecule has 0 radical (unpaired) electrons. The highest BCUT2D eigenvalue weighted by atomic mass is 14.8. The number of hydrogen-bond acceptors (Lipinski definition) is 1. The molecule has 1 atom stereocenters. The van der Waals surface area contributed by atoms with Crippen LogP contribution in [0.4, 0.5) is 0 Å². The summed E-state index contributed by atoms with van der Waals surface area (Å²) >= 11 is 0. The van der Waals surface area contributed by atoms with Gasteiger partial charge >= 0.3 is 0 Å². The van der Waals surface area contributed by atoms with Crippen molar-refractivity contribution in [2.45, 2.75) is 39.5 Å². The molecule has 1 heteroatoms. The van der Waals surface area contributed by atoms with Gasteiger partial charge in [0.25, 0.3) is 0 Å². The summed E-state index contributed by atoms with van der Waals surface area (Å²) in [4.78, 5) is 0. The van der Waals surface area contributed by atoms with Crippen LogP contribution in [0, 0.1) is 0 Å². The van der Waals surface area contributed by atoms with Gasteiger partial charge in [0.1, 0.15) is 0 Å². The zero-order valence-corrected chi connectivity index (χ0v) is 10.4. The third-order valence-electron chi connectivity index (χ3n) is 2.87. The number of nitrogens with one attached hydrogen (secondary N) is 1. The van der Waals surface area contributed by atoms with Gasteiger partial charge in [-0.2, -0.15) is 0 Å². The molecule has 1 rings (SSSR count). The molecular formula is C14H23N. The van der Waals surface area contributed by atoms with Crippen LogP contribution in [0.25, 0.3) is 0 Å². The second kappa shape index (κ2) is 5.92. The Balaban J connectivity index is 2.62. The minimum atomic E-state index is 0.603. The van der Waals surface area contributed by atoms with Crippen molar-refractivity contribution in [3.8, 4) is 0 Å². The van der Waals surface area contributed by atoms with Gasteiger partial charge in [0.05, 0.1) is 0 Å². The molecule has 84 valence electrons. The molecule has 0 bridgehead atoms.